The fourth-order valence-electron chi connectivity index (χ4n) is 3.42. The maximum absolute atomic E-state index is 4.61. The maximum atomic E-state index is 4.61. The molecule has 0 atom stereocenters. The molecule has 1 N–H and O–H groups in total. The van der Waals surface area contributed by atoms with Crippen LogP contribution in [0.4, 0.5) is 11.6 Å². The third-order valence-corrected chi connectivity index (χ3v) is 4.63. The summed E-state index contributed by atoms with van der Waals surface area (Å²) in [6.07, 6.45) is 3.74. The Balaban J connectivity index is 1.49. The zero-order chi connectivity index (χ0) is 17.4. The molecule has 1 aliphatic heterocycles. The minimum Gasteiger partial charge on any atom is -0.367 e. The van der Waals surface area contributed by atoms with Gasteiger partial charge in [0.1, 0.15) is 18.0 Å². The van der Waals surface area contributed by atoms with Crippen molar-refractivity contribution < 1.29 is 0 Å². The molecule has 4 heterocycles. The molecule has 0 aromatic carbocycles. The lowest BCUT2D eigenvalue weighted by atomic mass is 10.0. The third-order valence-electron chi connectivity index (χ3n) is 4.63. The van der Waals surface area contributed by atoms with Gasteiger partial charge in [0, 0.05) is 48.7 Å². The van der Waals surface area contributed by atoms with Gasteiger partial charge >= 0.3 is 0 Å². The minimum absolute atomic E-state index is 0.434. The molecule has 7 heteroatoms. The van der Waals surface area contributed by atoms with Gasteiger partial charge in [-0.15, -0.1) is 0 Å². The van der Waals surface area contributed by atoms with Crippen LogP contribution in [0.25, 0.3) is 5.65 Å². The number of aromatic nitrogens is 5. The van der Waals surface area contributed by atoms with E-state index in [2.05, 4.69) is 36.3 Å². The van der Waals surface area contributed by atoms with Crippen molar-refractivity contribution in [3.05, 3.63) is 41.6 Å². The van der Waals surface area contributed by atoms with Crippen molar-refractivity contribution in [1.29, 1.82) is 0 Å². The summed E-state index contributed by atoms with van der Waals surface area (Å²) in [7, 11) is 0. The number of rotatable bonds is 3. The lowest BCUT2D eigenvalue weighted by Gasteiger charge is -2.34. The van der Waals surface area contributed by atoms with Crippen LogP contribution in [-0.2, 0) is 0 Å². The first-order valence-corrected chi connectivity index (χ1v) is 8.72. The Morgan fingerprint density at radius 2 is 1.76 bits per heavy atom. The molecule has 3 aromatic heterocycles. The molecule has 0 spiro atoms. The van der Waals surface area contributed by atoms with Crippen molar-refractivity contribution in [2.75, 3.05) is 23.3 Å². The van der Waals surface area contributed by atoms with Crippen LogP contribution < -0.4 is 10.2 Å². The van der Waals surface area contributed by atoms with Crippen LogP contribution in [0.3, 0.4) is 0 Å². The third kappa shape index (κ3) is 3.26. The lowest BCUT2D eigenvalue weighted by Crippen LogP contribution is -2.40. The molecule has 0 saturated carbocycles. The molecule has 0 bridgehead atoms. The van der Waals surface area contributed by atoms with E-state index in [0.717, 1.165) is 60.3 Å². The Kier molecular flexibility index (Phi) is 3.99. The fourth-order valence-corrected chi connectivity index (χ4v) is 3.42. The van der Waals surface area contributed by atoms with E-state index >= 15 is 0 Å². The second kappa shape index (κ2) is 6.31. The summed E-state index contributed by atoms with van der Waals surface area (Å²) in [4.78, 5) is 15.4. The average molecular weight is 337 g/mol. The number of anilines is 2. The molecular weight excluding hydrogens is 314 g/mol. The number of aryl methyl sites for hydroxylation is 3. The van der Waals surface area contributed by atoms with Crippen molar-refractivity contribution in [3.63, 3.8) is 0 Å². The highest BCUT2D eigenvalue weighted by Crippen LogP contribution is 2.23. The van der Waals surface area contributed by atoms with E-state index < -0.39 is 0 Å². The zero-order valence-corrected chi connectivity index (χ0v) is 14.9. The standard InChI is InChI=1S/C18H23N7/c1-12-8-16(20-11-19-12)22-15-4-6-24(7-5-15)18-10-13(2)21-17-9-14(3)23-25(17)18/h8-11,15H,4-7H2,1-3H3,(H,19,20,22). The average Bonchev–Trinajstić information content (AvgIpc) is 2.95. The number of hydrogen-bond donors (Lipinski definition) is 1. The van der Waals surface area contributed by atoms with Crippen molar-refractivity contribution >= 4 is 17.3 Å². The van der Waals surface area contributed by atoms with E-state index in [1.54, 1.807) is 6.33 Å². The van der Waals surface area contributed by atoms with Crippen LogP contribution in [0.1, 0.15) is 29.9 Å². The van der Waals surface area contributed by atoms with E-state index in [1.807, 2.05) is 37.4 Å². The normalized spacial score (nSPS) is 15.7. The Morgan fingerprint density at radius 3 is 2.52 bits per heavy atom. The molecule has 0 aliphatic carbocycles. The Hall–Kier alpha value is -2.70. The van der Waals surface area contributed by atoms with Gasteiger partial charge in [-0.1, -0.05) is 0 Å². The number of fused-ring (bicyclic) bond motifs is 1. The molecule has 0 amide bonds. The quantitative estimate of drug-likeness (QED) is 0.792. The highest BCUT2D eigenvalue weighted by Gasteiger charge is 2.22. The number of piperidine rings is 1. The van der Waals surface area contributed by atoms with Gasteiger partial charge in [-0.2, -0.15) is 9.61 Å². The van der Waals surface area contributed by atoms with Gasteiger partial charge in [-0.3, -0.25) is 0 Å². The van der Waals surface area contributed by atoms with Crippen LogP contribution >= 0.6 is 0 Å². The fraction of sp³-hybridized carbons (Fsp3) is 0.444. The van der Waals surface area contributed by atoms with Gasteiger partial charge < -0.3 is 10.2 Å². The SMILES string of the molecule is Cc1cc(NC2CCN(c3cc(C)nc4cc(C)nn34)CC2)ncn1. The molecule has 130 valence electrons. The van der Waals surface area contributed by atoms with Crippen molar-refractivity contribution in [3.8, 4) is 0 Å². The van der Waals surface area contributed by atoms with Crippen molar-refractivity contribution in [1.82, 2.24) is 24.6 Å². The van der Waals surface area contributed by atoms with E-state index in [-0.39, 0.29) is 0 Å². The van der Waals surface area contributed by atoms with Gasteiger partial charge in [0.05, 0.1) is 5.69 Å². The second-order valence-electron chi connectivity index (χ2n) is 6.76. The zero-order valence-electron chi connectivity index (χ0n) is 14.9. The van der Waals surface area contributed by atoms with E-state index in [1.165, 1.54) is 0 Å². The molecule has 0 radical (unpaired) electrons. The highest BCUT2D eigenvalue weighted by molar-refractivity contribution is 5.52. The topological polar surface area (TPSA) is 71.2 Å². The van der Waals surface area contributed by atoms with Gasteiger partial charge in [-0.25, -0.2) is 15.0 Å². The summed E-state index contributed by atoms with van der Waals surface area (Å²) in [5.41, 5.74) is 3.93. The van der Waals surface area contributed by atoms with Crippen LogP contribution in [0, 0.1) is 20.8 Å². The number of nitrogens with one attached hydrogen (secondary N) is 1. The largest absolute Gasteiger partial charge is 0.367 e. The number of nitrogens with zero attached hydrogens (tertiary/aromatic N) is 6. The Morgan fingerprint density at radius 1 is 0.960 bits per heavy atom. The van der Waals surface area contributed by atoms with Gasteiger partial charge in [0.2, 0.25) is 0 Å². The number of hydrogen-bond acceptors (Lipinski definition) is 6. The van der Waals surface area contributed by atoms with Crippen LogP contribution in [0.15, 0.2) is 24.5 Å². The Bertz CT molecular complexity index is 894. The van der Waals surface area contributed by atoms with Gasteiger partial charge in [0.25, 0.3) is 0 Å². The maximum Gasteiger partial charge on any atom is 0.157 e. The van der Waals surface area contributed by atoms with Crippen LogP contribution in [-0.4, -0.2) is 43.7 Å². The molecule has 0 unspecified atom stereocenters. The van der Waals surface area contributed by atoms with E-state index in [9.17, 15) is 0 Å². The van der Waals surface area contributed by atoms with Gasteiger partial charge in [0.15, 0.2) is 5.65 Å². The van der Waals surface area contributed by atoms with Crippen LogP contribution in [0.5, 0.6) is 0 Å². The molecule has 4 rings (SSSR count). The minimum atomic E-state index is 0.434. The molecule has 25 heavy (non-hydrogen) atoms. The molecule has 1 aliphatic rings. The van der Waals surface area contributed by atoms with E-state index in [0.29, 0.717) is 6.04 Å². The monoisotopic (exact) mass is 337 g/mol. The Labute approximate surface area is 147 Å². The first-order chi connectivity index (χ1) is 12.1. The summed E-state index contributed by atoms with van der Waals surface area (Å²) in [6.45, 7) is 8.00. The summed E-state index contributed by atoms with van der Waals surface area (Å²) in [5.74, 6) is 2.04. The highest BCUT2D eigenvalue weighted by atomic mass is 15.4. The second-order valence-corrected chi connectivity index (χ2v) is 6.76. The van der Waals surface area contributed by atoms with E-state index in [4.69, 9.17) is 0 Å². The summed E-state index contributed by atoms with van der Waals surface area (Å²) >= 11 is 0. The summed E-state index contributed by atoms with van der Waals surface area (Å²) < 4.78 is 1.96. The van der Waals surface area contributed by atoms with Gasteiger partial charge in [-0.05, 0) is 33.6 Å². The first-order valence-electron chi connectivity index (χ1n) is 8.72. The smallest absolute Gasteiger partial charge is 0.157 e. The lowest BCUT2D eigenvalue weighted by molar-refractivity contribution is 0.519. The first kappa shape index (κ1) is 15.8. The molecular formula is C18H23N7. The van der Waals surface area contributed by atoms with Crippen molar-refractivity contribution in [2.24, 2.45) is 0 Å². The van der Waals surface area contributed by atoms with Crippen LogP contribution in [0.2, 0.25) is 0 Å². The predicted molar refractivity (Wildman–Crippen MR) is 98.1 cm³/mol. The summed E-state index contributed by atoms with van der Waals surface area (Å²) in [5, 5.41) is 8.14. The van der Waals surface area contributed by atoms with Crippen molar-refractivity contribution in [2.45, 2.75) is 39.7 Å². The summed E-state index contributed by atoms with van der Waals surface area (Å²) in [6, 6.07) is 6.58. The molecule has 1 fully saturated rings. The predicted octanol–water partition coefficient (Wildman–Crippen LogP) is 2.53. The molecule has 1 saturated heterocycles. The molecule has 3 aromatic rings. The molecule has 7 nitrogen and oxygen atoms in total.